The van der Waals surface area contributed by atoms with Gasteiger partial charge in [0.05, 0.1) is 21.8 Å². The van der Waals surface area contributed by atoms with E-state index in [1.54, 1.807) is 18.2 Å². The summed E-state index contributed by atoms with van der Waals surface area (Å²) < 4.78 is 46.2. The van der Waals surface area contributed by atoms with Crippen molar-refractivity contribution in [2.75, 3.05) is 5.01 Å². The van der Waals surface area contributed by atoms with E-state index in [4.69, 9.17) is 21.1 Å². The van der Waals surface area contributed by atoms with Gasteiger partial charge < -0.3 is 9.52 Å². The summed E-state index contributed by atoms with van der Waals surface area (Å²) in [5.41, 5.74) is -1.66. The van der Waals surface area contributed by atoms with Crippen molar-refractivity contribution in [1.29, 1.82) is 0 Å². The van der Waals surface area contributed by atoms with Gasteiger partial charge in [0.15, 0.2) is 5.71 Å². The highest BCUT2D eigenvalue weighted by molar-refractivity contribution is 6.34. The maximum absolute atomic E-state index is 13.6. The zero-order chi connectivity index (χ0) is 23.0. The number of benzene rings is 2. The number of carbonyl (C=O) groups is 2. The molecule has 3 aromatic rings. The first kappa shape index (κ1) is 21.4. The Balaban J connectivity index is 1.73. The number of para-hydroxylation sites is 1. The summed E-state index contributed by atoms with van der Waals surface area (Å²) in [5, 5.41) is 13.5. The average molecular weight is 461 g/mol. The van der Waals surface area contributed by atoms with E-state index in [2.05, 4.69) is 5.10 Å². The molecular formula is C22H12ClF3N2O4. The molecule has 1 N–H and O–H groups in total. The van der Waals surface area contributed by atoms with Crippen LogP contribution in [0.3, 0.4) is 0 Å². The van der Waals surface area contributed by atoms with E-state index in [1.165, 1.54) is 42.5 Å². The SMILES string of the molecule is O=C(O)c1ccc(Cl)c(-c2ccc(/C=C3\C(=O)N(c4ccccc4)N=C3C(F)(F)F)o2)c1. The fourth-order valence-electron chi connectivity index (χ4n) is 3.06. The molecule has 0 spiro atoms. The van der Waals surface area contributed by atoms with E-state index < -0.39 is 29.3 Å². The van der Waals surface area contributed by atoms with Gasteiger partial charge in [-0.15, -0.1) is 0 Å². The van der Waals surface area contributed by atoms with Crippen LogP contribution in [-0.4, -0.2) is 28.9 Å². The van der Waals surface area contributed by atoms with Gasteiger partial charge in [0.25, 0.3) is 5.91 Å². The van der Waals surface area contributed by atoms with Gasteiger partial charge in [0, 0.05) is 5.56 Å². The summed E-state index contributed by atoms with van der Waals surface area (Å²) in [4.78, 5) is 23.9. The number of halogens is 4. The minimum Gasteiger partial charge on any atom is -0.478 e. The first-order valence-electron chi connectivity index (χ1n) is 9.05. The number of carboxylic acid groups (broad SMARTS) is 1. The first-order chi connectivity index (χ1) is 15.1. The lowest BCUT2D eigenvalue weighted by Gasteiger charge is -2.10. The Morgan fingerprint density at radius 2 is 1.81 bits per heavy atom. The fraction of sp³-hybridized carbons (Fsp3) is 0.0455. The molecule has 0 bridgehead atoms. The van der Waals surface area contributed by atoms with Crippen LogP contribution in [0.25, 0.3) is 17.4 Å². The van der Waals surface area contributed by atoms with Crippen molar-refractivity contribution < 1.29 is 32.3 Å². The number of carbonyl (C=O) groups excluding carboxylic acids is 1. The fourth-order valence-corrected chi connectivity index (χ4v) is 3.27. The smallest absolute Gasteiger partial charge is 0.435 e. The molecular weight excluding hydrogens is 449 g/mol. The summed E-state index contributed by atoms with van der Waals surface area (Å²) in [6.07, 6.45) is -3.93. The van der Waals surface area contributed by atoms with E-state index >= 15 is 0 Å². The Labute approximate surface area is 183 Å². The third-order valence-electron chi connectivity index (χ3n) is 4.54. The lowest BCUT2D eigenvalue weighted by atomic mass is 10.1. The van der Waals surface area contributed by atoms with Gasteiger partial charge in [-0.25, -0.2) is 4.79 Å². The Bertz CT molecular complexity index is 1280. The summed E-state index contributed by atoms with van der Waals surface area (Å²) >= 11 is 6.11. The van der Waals surface area contributed by atoms with Crippen molar-refractivity contribution >= 4 is 41.0 Å². The minimum absolute atomic E-state index is 0.0448. The second-order valence-corrected chi connectivity index (χ2v) is 7.07. The first-order valence-corrected chi connectivity index (χ1v) is 9.43. The summed E-state index contributed by atoms with van der Waals surface area (Å²) in [6, 6.07) is 14.4. The average Bonchev–Trinajstić information content (AvgIpc) is 3.34. The standard InChI is InChI=1S/C22H12ClF3N2O4/c23-17-8-6-12(21(30)31)10-15(17)18-9-7-14(32-18)11-16-19(22(24,25)26)27-28(20(16)29)13-4-2-1-3-5-13/h1-11H,(H,30,31)/b16-11-. The van der Waals surface area contributed by atoms with Crippen molar-refractivity contribution in [3.8, 4) is 11.3 Å². The van der Waals surface area contributed by atoms with E-state index in [1.807, 2.05) is 0 Å². The number of hydrogen-bond donors (Lipinski definition) is 1. The molecule has 1 aliphatic rings. The van der Waals surface area contributed by atoms with Crippen LogP contribution in [0.4, 0.5) is 18.9 Å². The molecule has 0 radical (unpaired) electrons. The van der Waals surface area contributed by atoms with Crippen molar-refractivity contribution in [2.24, 2.45) is 5.10 Å². The Morgan fingerprint density at radius 3 is 2.47 bits per heavy atom. The molecule has 10 heteroatoms. The van der Waals surface area contributed by atoms with Gasteiger partial charge >= 0.3 is 12.1 Å². The van der Waals surface area contributed by atoms with Gasteiger partial charge in [-0.3, -0.25) is 4.79 Å². The zero-order valence-electron chi connectivity index (χ0n) is 15.9. The molecule has 0 saturated carbocycles. The van der Waals surface area contributed by atoms with Gasteiger partial charge in [0.2, 0.25) is 0 Å². The van der Waals surface area contributed by atoms with Crippen molar-refractivity contribution in [1.82, 2.24) is 0 Å². The van der Waals surface area contributed by atoms with Crippen LogP contribution in [0.15, 0.2) is 75.8 Å². The molecule has 32 heavy (non-hydrogen) atoms. The van der Waals surface area contributed by atoms with E-state index in [0.29, 0.717) is 5.01 Å². The van der Waals surface area contributed by atoms with E-state index in [9.17, 15) is 22.8 Å². The largest absolute Gasteiger partial charge is 0.478 e. The molecule has 6 nitrogen and oxygen atoms in total. The van der Waals surface area contributed by atoms with Crippen LogP contribution in [-0.2, 0) is 4.79 Å². The van der Waals surface area contributed by atoms with Gasteiger partial charge in [-0.05, 0) is 48.5 Å². The van der Waals surface area contributed by atoms with Crippen LogP contribution >= 0.6 is 11.6 Å². The maximum Gasteiger partial charge on any atom is 0.435 e. The molecule has 1 aromatic heterocycles. The molecule has 0 saturated heterocycles. The van der Waals surface area contributed by atoms with Gasteiger partial charge in [0.1, 0.15) is 11.5 Å². The number of hydrazone groups is 1. The van der Waals surface area contributed by atoms with E-state index in [-0.39, 0.29) is 33.4 Å². The Kier molecular flexibility index (Phi) is 5.35. The predicted molar refractivity (Wildman–Crippen MR) is 112 cm³/mol. The molecule has 1 amide bonds. The summed E-state index contributed by atoms with van der Waals surface area (Å²) in [6.45, 7) is 0. The Hall–Kier alpha value is -3.85. The number of nitrogens with zero attached hydrogens (tertiary/aromatic N) is 2. The highest BCUT2D eigenvalue weighted by Crippen LogP contribution is 2.34. The van der Waals surface area contributed by atoms with Crippen LogP contribution in [0.2, 0.25) is 5.02 Å². The third kappa shape index (κ3) is 4.02. The number of furan rings is 1. The van der Waals surface area contributed by atoms with E-state index in [0.717, 1.165) is 6.08 Å². The molecule has 162 valence electrons. The minimum atomic E-state index is -4.88. The topological polar surface area (TPSA) is 83.1 Å². The number of hydrogen-bond acceptors (Lipinski definition) is 4. The van der Waals surface area contributed by atoms with Gasteiger partial charge in [-0.2, -0.15) is 23.3 Å². The lowest BCUT2D eigenvalue weighted by molar-refractivity contribution is -0.114. The molecule has 0 aliphatic carbocycles. The Morgan fingerprint density at radius 1 is 1.09 bits per heavy atom. The molecule has 0 fully saturated rings. The molecule has 2 heterocycles. The highest BCUT2D eigenvalue weighted by atomic mass is 35.5. The van der Waals surface area contributed by atoms with Crippen molar-refractivity contribution in [2.45, 2.75) is 6.18 Å². The maximum atomic E-state index is 13.6. The third-order valence-corrected chi connectivity index (χ3v) is 4.87. The number of carboxylic acids is 1. The number of alkyl halides is 3. The predicted octanol–water partition coefficient (Wildman–Crippen LogP) is 5.65. The second-order valence-electron chi connectivity index (χ2n) is 6.66. The van der Waals surface area contributed by atoms with Gasteiger partial charge in [-0.1, -0.05) is 29.8 Å². The molecule has 0 atom stereocenters. The summed E-state index contributed by atoms with van der Waals surface area (Å²) in [5.74, 6) is -2.08. The molecule has 4 rings (SSSR count). The quantitative estimate of drug-likeness (QED) is 0.510. The van der Waals surface area contributed by atoms with Crippen molar-refractivity contribution in [3.05, 3.63) is 82.6 Å². The van der Waals surface area contributed by atoms with Crippen LogP contribution in [0, 0.1) is 0 Å². The lowest BCUT2D eigenvalue weighted by Crippen LogP contribution is -2.25. The number of rotatable bonds is 4. The number of aromatic carboxylic acids is 1. The van der Waals surface area contributed by atoms with Crippen molar-refractivity contribution in [3.63, 3.8) is 0 Å². The molecule has 0 unspecified atom stereocenters. The summed E-state index contributed by atoms with van der Waals surface area (Å²) in [7, 11) is 0. The number of amides is 1. The zero-order valence-corrected chi connectivity index (χ0v) is 16.7. The molecule has 2 aromatic carbocycles. The normalized spacial score (nSPS) is 15.4. The second kappa shape index (κ2) is 8.01. The highest BCUT2D eigenvalue weighted by Gasteiger charge is 2.47. The van der Waals surface area contributed by atoms with Crippen LogP contribution in [0.5, 0.6) is 0 Å². The molecule has 1 aliphatic heterocycles. The van der Waals surface area contributed by atoms with Crippen LogP contribution in [0.1, 0.15) is 16.1 Å². The van der Waals surface area contributed by atoms with Crippen LogP contribution < -0.4 is 5.01 Å². The number of anilines is 1. The monoisotopic (exact) mass is 460 g/mol.